The summed E-state index contributed by atoms with van der Waals surface area (Å²) in [4.78, 5) is 0. The Balaban J connectivity index is 3.08. The summed E-state index contributed by atoms with van der Waals surface area (Å²) in [5.41, 5.74) is 6.19. The van der Waals surface area contributed by atoms with E-state index in [9.17, 15) is 4.39 Å². The number of rotatable bonds is 6. The predicted octanol–water partition coefficient (Wildman–Crippen LogP) is 2.93. The molecule has 0 aliphatic carbocycles. The Bertz CT molecular complexity index is 396. The van der Waals surface area contributed by atoms with Gasteiger partial charge in [-0.05, 0) is 36.4 Å². The highest BCUT2D eigenvalue weighted by Crippen LogP contribution is 2.36. The van der Waals surface area contributed by atoms with Crippen LogP contribution in [0, 0.1) is 11.7 Å². The lowest BCUT2D eigenvalue weighted by molar-refractivity contribution is 0.349. The minimum absolute atomic E-state index is 0.0911. The van der Waals surface area contributed by atoms with Crippen molar-refractivity contribution in [2.75, 3.05) is 20.8 Å². The molecule has 2 unspecified atom stereocenters. The molecule has 2 atom stereocenters. The molecule has 0 amide bonds. The van der Waals surface area contributed by atoms with Crippen LogP contribution in [0.5, 0.6) is 11.5 Å². The maximum absolute atomic E-state index is 14.0. The topological polar surface area (TPSA) is 44.5 Å². The highest BCUT2D eigenvalue weighted by atomic mass is 19.1. The lowest BCUT2D eigenvalue weighted by atomic mass is 9.86. The minimum Gasteiger partial charge on any atom is -0.493 e. The number of ether oxygens (including phenoxy) is 2. The summed E-state index contributed by atoms with van der Waals surface area (Å²) in [5.74, 6) is 1.12. The number of hydrogen-bond donors (Lipinski definition) is 1. The summed E-state index contributed by atoms with van der Waals surface area (Å²) < 4.78 is 24.3. The van der Waals surface area contributed by atoms with Crippen LogP contribution in [-0.2, 0) is 0 Å². The van der Waals surface area contributed by atoms with Crippen LogP contribution in [0.15, 0.2) is 12.1 Å². The molecule has 0 aliphatic rings. The first-order chi connectivity index (χ1) is 8.54. The van der Waals surface area contributed by atoms with Crippen molar-refractivity contribution in [3.63, 3.8) is 0 Å². The summed E-state index contributed by atoms with van der Waals surface area (Å²) in [7, 11) is 3.05. The van der Waals surface area contributed by atoms with E-state index >= 15 is 0 Å². The average molecular weight is 255 g/mol. The fourth-order valence-corrected chi connectivity index (χ4v) is 2.04. The number of halogens is 1. The van der Waals surface area contributed by atoms with Gasteiger partial charge in [-0.1, -0.05) is 13.8 Å². The van der Waals surface area contributed by atoms with Crippen LogP contribution in [0.1, 0.15) is 31.7 Å². The molecule has 0 bridgehead atoms. The van der Waals surface area contributed by atoms with Crippen LogP contribution in [0.2, 0.25) is 0 Å². The zero-order chi connectivity index (χ0) is 13.7. The van der Waals surface area contributed by atoms with Crippen molar-refractivity contribution < 1.29 is 13.9 Å². The summed E-state index contributed by atoms with van der Waals surface area (Å²) >= 11 is 0. The maximum atomic E-state index is 14.0. The number of hydrogen-bond acceptors (Lipinski definition) is 3. The molecule has 0 fully saturated rings. The molecular formula is C14H22FNO2. The lowest BCUT2D eigenvalue weighted by Gasteiger charge is -2.21. The molecule has 0 saturated heterocycles. The molecule has 0 heterocycles. The largest absolute Gasteiger partial charge is 0.493 e. The first-order valence-electron chi connectivity index (χ1n) is 6.16. The van der Waals surface area contributed by atoms with E-state index in [1.54, 1.807) is 13.2 Å². The SMILES string of the molecule is COc1cc(F)c(C(C)C(C)CCN)cc1OC. The van der Waals surface area contributed by atoms with E-state index in [4.69, 9.17) is 15.2 Å². The summed E-state index contributed by atoms with van der Waals surface area (Å²) in [6.45, 7) is 4.69. The second kappa shape index (κ2) is 6.59. The van der Waals surface area contributed by atoms with Crippen LogP contribution in [0.3, 0.4) is 0 Å². The summed E-state index contributed by atoms with van der Waals surface area (Å²) in [5, 5.41) is 0. The van der Waals surface area contributed by atoms with Crippen molar-refractivity contribution in [3.8, 4) is 11.5 Å². The van der Waals surface area contributed by atoms with Gasteiger partial charge in [-0.3, -0.25) is 0 Å². The lowest BCUT2D eigenvalue weighted by Crippen LogP contribution is -2.13. The third-order valence-electron chi connectivity index (χ3n) is 3.47. The van der Waals surface area contributed by atoms with E-state index < -0.39 is 0 Å². The minimum atomic E-state index is -0.260. The van der Waals surface area contributed by atoms with Gasteiger partial charge < -0.3 is 15.2 Å². The van der Waals surface area contributed by atoms with Gasteiger partial charge in [-0.15, -0.1) is 0 Å². The van der Waals surface area contributed by atoms with Gasteiger partial charge in [-0.2, -0.15) is 0 Å². The standard InChI is InChI=1S/C14H22FNO2/c1-9(5-6-16)10(2)11-7-13(17-3)14(18-4)8-12(11)15/h7-10H,5-6,16H2,1-4H3. The van der Waals surface area contributed by atoms with Gasteiger partial charge in [0, 0.05) is 6.07 Å². The molecule has 1 aromatic carbocycles. The molecular weight excluding hydrogens is 233 g/mol. The molecule has 2 N–H and O–H groups in total. The van der Waals surface area contributed by atoms with Gasteiger partial charge in [0.25, 0.3) is 0 Å². The van der Waals surface area contributed by atoms with Gasteiger partial charge in [0.05, 0.1) is 14.2 Å². The number of methoxy groups -OCH3 is 2. The van der Waals surface area contributed by atoms with Crippen molar-refractivity contribution in [1.29, 1.82) is 0 Å². The molecule has 4 heteroatoms. The van der Waals surface area contributed by atoms with E-state index in [-0.39, 0.29) is 11.7 Å². The van der Waals surface area contributed by atoms with Crippen LogP contribution in [0.4, 0.5) is 4.39 Å². The molecule has 0 aromatic heterocycles. The molecule has 0 aliphatic heterocycles. The molecule has 0 saturated carbocycles. The highest BCUT2D eigenvalue weighted by Gasteiger charge is 2.20. The zero-order valence-electron chi connectivity index (χ0n) is 11.5. The van der Waals surface area contributed by atoms with Gasteiger partial charge in [0.1, 0.15) is 5.82 Å². The van der Waals surface area contributed by atoms with Crippen LogP contribution < -0.4 is 15.2 Å². The number of benzene rings is 1. The average Bonchev–Trinajstić information content (AvgIpc) is 2.37. The third kappa shape index (κ3) is 3.13. The second-order valence-corrected chi connectivity index (χ2v) is 4.57. The number of nitrogens with two attached hydrogens (primary N) is 1. The van der Waals surface area contributed by atoms with Crippen molar-refractivity contribution in [1.82, 2.24) is 0 Å². The fourth-order valence-electron chi connectivity index (χ4n) is 2.04. The second-order valence-electron chi connectivity index (χ2n) is 4.57. The van der Waals surface area contributed by atoms with Crippen molar-refractivity contribution in [3.05, 3.63) is 23.5 Å². The molecule has 0 radical (unpaired) electrons. The molecule has 1 rings (SSSR count). The monoisotopic (exact) mass is 255 g/mol. The van der Waals surface area contributed by atoms with Crippen molar-refractivity contribution >= 4 is 0 Å². The van der Waals surface area contributed by atoms with Crippen LogP contribution >= 0.6 is 0 Å². The van der Waals surface area contributed by atoms with E-state index in [1.165, 1.54) is 13.2 Å². The first-order valence-corrected chi connectivity index (χ1v) is 6.16. The van der Waals surface area contributed by atoms with Gasteiger partial charge in [-0.25, -0.2) is 4.39 Å². The Hall–Kier alpha value is -1.29. The highest BCUT2D eigenvalue weighted by molar-refractivity contribution is 5.44. The van der Waals surface area contributed by atoms with Crippen molar-refractivity contribution in [2.24, 2.45) is 11.7 Å². The van der Waals surface area contributed by atoms with E-state index in [2.05, 4.69) is 6.92 Å². The third-order valence-corrected chi connectivity index (χ3v) is 3.47. The fraction of sp³-hybridized carbons (Fsp3) is 0.571. The molecule has 18 heavy (non-hydrogen) atoms. The van der Waals surface area contributed by atoms with Gasteiger partial charge in [0.15, 0.2) is 11.5 Å². The van der Waals surface area contributed by atoms with Gasteiger partial charge >= 0.3 is 0 Å². The predicted molar refractivity (Wildman–Crippen MR) is 70.8 cm³/mol. The Morgan fingerprint density at radius 1 is 1.17 bits per heavy atom. The molecule has 0 spiro atoms. The Kier molecular flexibility index (Phi) is 5.41. The smallest absolute Gasteiger partial charge is 0.163 e. The Morgan fingerprint density at radius 2 is 1.72 bits per heavy atom. The Morgan fingerprint density at radius 3 is 2.22 bits per heavy atom. The van der Waals surface area contributed by atoms with Crippen LogP contribution in [0.25, 0.3) is 0 Å². The maximum Gasteiger partial charge on any atom is 0.163 e. The van der Waals surface area contributed by atoms with E-state index in [0.29, 0.717) is 29.5 Å². The quantitative estimate of drug-likeness (QED) is 0.850. The zero-order valence-corrected chi connectivity index (χ0v) is 11.5. The summed E-state index contributed by atoms with van der Waals surface area (Å²) in [6, 6.07) is 3.09. The van der Waals surface area contributed by atoms with Crippen molar-refractivity contribution in [2.45, 2.75) is 26.2 Å². The first kappa shape index (κ1) is 14.8. The Labute approximate surface area is 108 Å². The van der Waals surface area contributed by atoms with Gasteiger partial charge in [0.2, 0.25) is 0 Å². The molecule has 1 aromatic rings. The molecule has 102 valence electrons. The van der Waals surface area contributed by atoms with E-state index in [0.717, 1.165) is 6.42 Å². The summed E-state index contributed by atoms with van der Waals surface area (Å²) in [6.07, 6.45) is 0.870. The van der Waals surface area contributed by atoms with Crippen LogP contribution in [-0.4, -0.2) is 20.8 Å². The normalized spacial score (nSPS) is 14.1. The molecule has 3 nitrogen and oxygen atoms in total. The van der Waals surface area contributed by atoms with E-state index in [1.807, 2.05) is 6.92 Å².